The highest BCUT2D eigenvalue weighted by Crippen LogP contribution is 2.09. The van der Waals surface area contributed by atoms with Crippen LogP contribution in [-0.4, -0.2) is 17.4 Å². The first-order chi connectivity index (χ1) is 8.66. The molecular formula is C15H18N2O. The number of amides is 1. The molecule has 0 saturated heterocycles. The van der Waals surface area contributed by atoms with Gasteiger partial charge in [0.25, 0.3) is 5.91 Å². The number of benzene rings is 1. The van der Waals surface area contributed by atoms with Crippen LogP contribution in [0.2, 0.25) is 0 Å². The molecule has 94 valence electrons. The zero-order valence-electron chi connectivity index (χ0n) is 10.8. The SMILES string of the molecule is Cc1ccc(C(=O)NCCc2cc[nH]c2)cc1C. The summed E-state index contributed by atoms with van der Waals surface area (Å²) in [5.74, 6) is -0.00589. The Morgan fingerprint density at radius 1 is 1.22 bits per heavy atom. The highest BCUT2D eigenvalue weighted by atomic mass is 16.1. The van der Waals surface area contributed by atoms with Crippen molar-refractivity contribution in [1.29, 1.82) is 0 Å². The number of carbonyl (C=O) groups excluding carboxylic acids is 1. The number of nitrogens with one attached hydrogen (secondary N) is 2. The summed E-state index contributed by atoms with van der Waals surface area (Å²) in [5.41, 5.74) is 4.29. The van der Waals surface area contributed by atoms with Crippen molar-refractivity contribution in [3.05, 3.63) is 58.9 Å². The van der Waals surface area contributed by atoms with E-state index in [1.54, 1.807) is 0 Å². The van der Waals surface area contributed by atoms with Crippen molar-refractivity contribution in [3.8, 4) is 0 Å². The maximum Gasteiger partial charge on any atom is 0.251 e. The van der Waals surface area contributed by atoms with E-state index in [1.807, 2.05) is 50.5 Å². The summed E-state index contributed by atoms with van der Waals surface area (Å²) in [6.07, 6.45) is 4.68. The smallest absolute Gasteiger partial charge is 0.251 e. The van der Waals surface area contributed by atoms with Crippen LogP contribution < -0.4 is 5.32 Å². The summed E-state index contributed by atoms with van der Waals surface area (Å²) >= 11 is 0. The number of aromatic amines is 1. The molecule has 2 rings (SSSR count). The molecule has 0 fully saturated rings. The topological polar surface area (TPSA) is 44.9 Å². The fourth-order valence-corrected chi connectivity index (χ4v) is 1.82. The van der Waals surface area contributed by atoms with E-state index < -0.39 is 0 Å². The molecule has 0 atom stereocenters. The lowest BCUT2D eigenvalue weighted by atomic mass is 10.1. The predicted octanol–water partition coefficient (Wildman–Crippen LogP) is 2.60. The molecule has 1 aromatic heterocycles. The summed E-state index contributed by atoms with van der Waals surface area (Å²) in [4.78, 5) is 14.9. The van der Waals surface area contributed by atoms with Crippen LogP contribution in [-0.2, 0) is 6.42 Å². The molecule has 18 heavy (non-hydrogen) atoms. The zero-order valence-corrected chi connectivity index (χ0v) is 10.8. The Labute approximate surface area is 107 Å². The van der Waals surface area contributed by atoms with Crippen molar-refractivity contribution >= 4 is 5.91 Å². The van der Waals surface area contributed by atoms with Crippen LogP contribution >= 0.6 is 0 Å². The first-order valence-corrected chi connectivity index (χ1v) is 6.14. The van der Waals surface area contributed by atoms with Crippen molar-refractivity contribution in [2.45, 2.75) is 20.3 Å². The van der Waals surface area contributed by atoms with E-state index in [9.17, 15) is 4.79 Å². The van der Waals surface area contributed by atoms with Gasteiger partial charge in [0.15, 0.2) is 0 Å². The predicted molar refractivity (Wildman–Crippen MR) is 72.7 cm³/mol. The monoisotopic (exact) mass is 242 g/mol. The van der Waals surface area contributed by atoms with Crippen LogP contribution in [0.15, 0.2) is 36.7 Å². The molecule has 3 heteroatoms. The van der Waals surface area contributed by atoms with E-state index in [2.05, 4.69) is 10.3 Å². The van der Waals surface area contributed by atoms with Gasteiger partial charge in [0.05, 0.1) is 0 Å². The minimum absolute atomic E-state index is 0.00589. The summed E-state index contributed by atoms with van der Waals surface area (Å²) in [5, 5.41) is 2.93. The van der Waals surface area contributed by atoms with E-state index in [0.717, 1.165) is 17.5 Å². The normalized spacial score (nSPS) is 10.3. The number of hydrogen-bond acceptors (Lipinski definition) is 1. The van der Waals surface area contributed by atoms with Crippen LogP contribution in [0.4, 0.5) is 0 Å². The summed E-state index contributed by atoms with van der Waals surface area (Å²) < 4.78 is 0. The average molecular weight is 242 g/mol. The number of carbonyl (C=O) groups is 1. The summed E-state index contributed by atoms with van der Waals surface area (Å²) in [6.45, 7) is 4.72. The maximum absolute atomic E-state index is 11.9. The molecule has 1 aromatic carbocycles. The second-order valence-corrected chi connectivity index (χ2v) is 4.52. The van der Waals surface area contributed by atoms with Crippen LogP contribution in [0.3, 0.4) is 0 Å². The van der Waals surface area contributed by atoms with E-state index in [-0.39, 0.29) is 5.91 Å². The first kappa shape index (κ1) is 12.4. The van der Waals surface area contributed by atoms with Crippen molar-refractivity contribution in [2.24, 2.45) is 0 Å². The van der Waals surface area contributed by atoms with Gasteiger partial charge >= 0.3 is 0 Å². The fraction of sp³-hybridized carbons (Fsp3) is 0.267. The molecule has 0 bridgehead atoms. The average Bonchev–Trinajstić information content (AvgIpc) is 2.85. The number of aryl methyl sites for hydroxylation is 2. The molecule has 3 nitrogen and oxygen atoms in total. The molecule has 0 aliphatic rings. The minimum Gasteiger partial charge on any atom is -0.367 e. The molecule has 0 spiro atoms. The van der Waals surface area contributed by atoms with Crippen LogP contribution in [0.1, 0.15) is 27.0 Å². The first-order valence-electron chi connectivity index (χ1n) is 6.14. The van der Waals surface area contributed by atoms with Crippen molar-refractivity contribution in [1.82, 2.24) is 10.3 Å². The van der Waals surface area contributed by atoms with Crippen LogP contribution in [0.5, 0.6) is 0 Å². The third-order valence-corrected chi connectivity index (χ3v) is 3.13. The zero-order chi connectivity index (χ0) is 13.0. The van der Waals surface area contributed by atoms with Gasteiger partial charge in [0, 0.05) is 24.5 Å². The summed E-state index contributed by atoms with van der Waals surface area (Å²) in [6, 6.07) is 7.80. The largest absolute Gasteiger partial charge is 0.367 e. The van der Waals surface area contributed by atoms with Gasteiger partial charge in [-0.3, -0.25) is 4.79 Å². The molecule has 0 radical (unpaired) electrons. The quantitative estimate of drug-likeness (QED) is 0.850. The van der Waals surface area contributed by atoms with E-state index in [1.165, 1.54) is 11.1 Å². The molecule has 1 heterocycles. The van der Waals surface area contributed by atoms with Gasteiger partial charge in [-0.15, -0.1) is 0 Å². The number of H-pyrrole nitrogens is 1. The van der Waals surface area contributed by atoms with Crippen molar-refractivity contribution < 1.29 is 4.79 Å². The van der Waals surface area contributed by atoms with E-state index in [0.29, 0.717) is 6.54 Å². The third-order valence-electron chi connectivity index (χ3n) is 3.13. The highest BCUT2D eigenvalue weighted by molar-refractivity contribution is 5.94. The van der Waals surface area contributed by atoms with Crippen molar-refractivity contribution in [3.63, 3.8) is 0 Å². The number of rotatable bonds is 4. The third kappa shape index (κ3) is 3.00. The van der Waals surface area contributed by atoms with Gasteiger partial charge in [-0.1, -0.05) is 6.07 Å². The molecule has 0 saturated carbocycles. The molecule has 0 unspecified atom stereocenters. The van der Waals surface area contributed by atoms with Gasteiger partial charge in [0.1, 0.15) is 0 Å². The van der Waals surface area contributed by atoms with E-state index >= 15 is 0 Å². The maximum atomic E-state index is 11.9. The van der Waals surface area contributed by atoms with E-state index in [4.69, 9.17) is 0 Å². The minimum atomic E-state index is -0.00589. The summed E-state index contributed by atoms with van der Waals surface area (Å²) in [7, 11) is 0. The molecule has 0 aliphatic heterocycles. The van der Waals surface area contributed by atoms with Crippen LogP contribution in [0, 0.1) is 13.8 Å². The van der Waals surface area contributed by atoms with Crippen LogP contribution in [0.25, 0.3) is 0 Å². The second-order valence-electron chi connectivity index (χ2n) is 4.52. The lowest BCUT2D eigenvalue weighted by molar-refractivity contribution is 0.0954. The van der Waals surface area contributed by atoms with Gasteiger partial charge in [0.2, 0.25) is 0 Å². The Hall–Kier alpha value is -2.03. The number of aromatic nitrogens is 1. The van der Waals surface area contributed by atoms with Gasteiger partial charge < -0.3 is 10.3 Å². The Morgan fingerprint density at radius 2 is 2.06 bits per heavy atom. The Bertz CT molecular complexity index is 529. The Kier molecular flexibility index (Phi) is 3.82. The Balaban J connectivity index is 1.89. The highest BCUT2D eigenvalue weighted by Gasteiger charge is 2.05. The van der Waals surface area contributed by atoms with Crippen molar-refractivity contribution in [2.75, 3.05) is 6.54 Å². The van der Waals surface area contributed by atoms with Gasteiger partial charge in [-0.05, 0) is 55.2 Å². The lowest BCUT2D eigenvalue weighted by Gasteiger charge is -2.06. The molecule has 0 aliphatic carbocycles. The lowest BCUT2D eigenvalue weighted by Crippen LogP contribution is -2.25. The second kappa shape index (κ2) is 5.54. The molecule has 2 aromatic rings. The molecule has 1 amide bonds. The van der Waals surface area contributed by atoms with Gasteiger partial charge in [-0.2, -0.15) is 0 Å². The Morgan fingerprint density at radius 3 is 2.72 bits per heavy atom. The molecular weight excluding hydrogens is 224 g/mol. The standard InChI is InChI=1S/C15H18N2O/c1-11-3-4-14(9-12(11)2)15(18)17-8-6-13-5-7-16-10-13/h3-5,7,9-10,16H,6,8H2,1-2H3,(H,17,18). The van der Waals surface area contributed by atoms with Gasteiger partial charge in [-0.25, -0.2) is 0 Å². The fourth-order valence-electron chi connectivity index (χ4n) is 1.82. The molecule has 2 N–H and O–H groups in total. The number of hydrogen-bond donors (Lipinski definition) is 2.